The number of benzene rings is 2. The minimum atomic E-state index is 0.649. The Morgan fingerprint density at radius 2 is 1.80 bits per heavy atom. The van der Waals surface area contributed by atoms with Crippen molar-refractivity contribution in [3.63, 3.8) is 0 Å². The molecule has 5 heteroatoms. The van der Waals surface area contributed by atoms with Gasteiger partial charge < -0.3 is 9.64 Å². The highest BCUT2D eigenvalue weighted by atomic mass is 35.5. The lowest BCUT2D eigenvalue weighted by atomic mass is 10.2. The molecule has 0 radical (unpaired) electrons. The largest absolute Gasteiger partial charge is 0.494 e. The van der Waals surface area contributed by atoms with E-state index in [0.29, 0.717) is 12.2 Å². The summed E-state index contributed by atoms with van der Waals surface area (Å²) in [4.78, 5) is 15.6. The number of aldehydes is 1. The van der Waals surface area contributed by atoms with Crippen molar-refractivity contribution in [2.75, 3.05) is 44.2 Å². The fourth-order valence-electron chi connectivity index (χ4n) is 3.04. The Hall–Kier alpha value is -2.04. The zero-order chi connectivity index (χ0) is 17.5. The molecular formula is C20H23ClN2O2. The predicted molar refractivity (Wildman–Crippen MR) is 102 cm³/mol. The van der Waals surface area contributed by atoms with E-state index in [-0.39, 0.29) is 0 Å². The van der Waals surface area contributed by atoms with Crippen molar-refractivity contribution in [3.05, 3.63) is 59.1 Å². The average Bonchev–Trinajstić information content (AvgIpc) is 2.67. The Bertz CT molecular complexity index is 682. The van der Waals surface area contributed by atoms with Gasteiger partial charge in [-0.2, -0.15) is 0 Å². The highest BCUT2D eigenvalue weighted by Crippen LogP contribution is 2.19. The molecule has 1 aliphatic rings. The van der Waals surface area contributed by atoms with Crippen LogP contribution in [0.5, 0.6) is 5.75 Å². The molecule has 0 N–H and O–H groups in total. The Labute approximate surface area is 154 Å². The molecule has 1 aliphatic heterocycles. The first kappa shape index (κ1) is 17.8. The van der Waals surface area contributed by atoms with Crippen LogP contribution in [0.25, 0.3) is 0 Å². The van der Waals surface area contributed by atoms with Crippen LogP contribution in [0, 0.1) is 0 Å². The molecule has 2 aromatic carbocycles. The van der Waals surface area contributed by atoms with E-state index in [1.165, 1.54) is 5.69 Å². The summed E-state index contributed by atoms with van der Waals surface area (Å²) in [6.45, 7) is 5.88. The van der Waals surface area contributed by atoms with Gasteiger partial charge in [0, 0.05) is 49.0 Å². The monoisotopic (exact) mass is 358 g/mol. The second-order valence-corrected chi connectivity index (χ2v) is 6.63. The standard InChI is InChI=1S/C20H23ClN2O2/c21-18-5-7-19(8-6-18)23-12-10-22(11-13-23)9-2-14-25-20-4-1-3-17(15-20)16-24/h1,3-8,15-16H,2,9-14H2. The van der Waals surface area contributed by atoms with E-state index in [4.69, 9.17) is 16.3 Å². The highest BCUT2D eigenvalue weighted by Gasteiger charge is 2.16. The SMILES string of the molecule is O=Cc1cccc(OCCCN2CCN(c3ccc(Cl)cc3)CC2)c1. The van der Waals surface area contributed by atoms with Gasteiger partial charge in [0.25, 0.3) is 0 Å². The Morgan fingerprint density at radius 1 is 1.04 bits per heavy atom. The summed E-state index contributed by atoms with van der Waals surface area (Å²) in [6.07, 6.45) is 1.82. The van der Waals surface area contributed by atoms with Crippen molar-refractivity contribution in [2.24, 2.45) is 0 Å². The number of carbonyl (C=O) groups excluding carboxylic acids is 1. The van der Waals surface area contributed by atoms with E-state index in [0.717, 1.165) is 56.2 Å². The van der Waals surface area contributed by atoms with Gasteiger partial charge in [-0.25, -0.2) is 0 Å². The first-order valence-corrected chi connectivity index (χ1v) is 9.03. The molecule has 25 heavy (non-hydrogen) atoms. The van der Waals surface area contributed by atoms with Crippen molar-refractivity contribution in [1.82, 2.24) is 4.90 Å². The maximum absolute atomic E-state index is 10.8. The number of hydrogen-bond acceptors (Lipinski definition) is 4. The van der Waals surface area contributed by atoms with Crippen LogP contribution in [-0.2, 0) is 0 Å². The molecule has 1 heterocycles. The van der Waals surface area contributed by atoms with E-state index in [1.807, 2.05) is 24.3 Å². The topological polar surface area (TPSA) is 32.8 Å². The van der Waals surface area contributed by atoms with Crippen molar-refractivity contribution < 1.29 is 9.53 Å². The van der Waals surface area contributed by atoms with E-state index in [9.17, 15) is 4.79 Å². The molecular weight excluding hydrogens is 336 g/mol. The summed E-state index contributed by atoms with van der Waals surface area (Å²) in [5, 5.41) is 0.779. The molecule has 1 fully saturated rings. The molecule has 132 valence electrons. The summed E-state index contributed by atoms with van der Waals surface area (Å²) < 4.78 is 5.73. The molecule has 2 aromatic rings. The Morgan fingerprint density at radius 3 is 2.52 bits per heavy atom. The van der Waals surface area contributed by atoms with Gasteiger partial charge in [0.05, 0.1) is 6.61 Å². The molecule has 3 rings (SSSR count). The summed E-state index contributed by atoms with van der Waals surface area (Å²) in [7, 11) is 0. The van der Waals surface area contributed by atoms with Crippen LogP contribution in [-0.4, -0.2) is 50.5 Å². The number of ether oxygens (including phenoxy) is 1. The van der Waals surface area contributed by atoms with Gasteiger partial charge in [-0.15, -0.1) is 0 Å². The van der Waals surface area contributed by atoms with Crippen LogP contribution in [0.15, 0.2) is 48.5 Å². The molecule has 0 spiro atoms. The van der Waals surface area contributed by atoms with Crippen LogP contribution in [0.2, 0.25) is 5.02 Å². The average molecular weight is 359 g/mol. The maximum Gasteiger partial charge on any atom is 0.150 e. The van der Waals surface area contributed by atoms with Gasteiger partial charge in [0.15, 0.2) is 0 Å². The number of carbonyl (C=O) groups is 1. The molecule has 0 unspecified atom stereocenters. The highest BCUT2D eigenvalue weighted by molar-refractivity contribution is 6.30. The summed E-state index contributed by atoms with van der Waals surface area (Å²) in [6, 6.07) is 15.3. The molecule has 1 saturated heterocycles. The molecule has 0 atom stereocenters. The minimum Gasteiger partial charge on any atom is -0.494 e. The number of anilines is 1. The van der Waals surface area contributed by atoms with Crippen LogP contribution in [0.1, 0.15) is 16.8 Å². The fourth-order valence-corrected chi connectivity index (χ4v) is 3.16. The Balaban J connectivity index is 1.36. The quantitative estimate of drug-likeness (QED) is 0.557. The number of halogens is 1. The third kappa shape index (κ3) is 5.21. The first-order valence-electron chi connectivity index (χ1n) is 8.65. The van der Waals surface area contributed by atoms with Gasteiger partial charge in [0.1, 0.15) is 12.0 Å². The number of rotatable bonds is 7. The molecule has 0 aliphatic carbocycles. The van der Waals surface area contributed by atoms with E-state index >= 15 is 0 Å². The van der Waals surface area contributed by atoms with Gasteiger partial charge in [0.2, 0.25) is 0 Å². The third-order valence-electron chi connectivity index (χ3n) is 4.45. The normalized spacial score (nSPS) is 15.2. The van der Waals surface area contributed by atoms with Gasteiger partial charge in [-0.3, -0.25) is 9.69 Å². The van der Waals surface area contributed by atoms with Gasteiger partial charge >= 0.3 is 0 Å². The minimum absolute atomic E-state index is 0.649. The van der Waals surface area contributed by atoms with Gasteiger partial charge in [-0.05, 0) is 42.8 Å². The van der Waals surface area contributed by atoms with Crippen molar-refractivity contribution in [3.8, 4) is 5.75 Å². The molecule has 0 amide bonds. The van der Waals surface area contributed by atoms with E-state index in [1.54, 1.807) is 12.1 Å². The number of piperazine rings is 1. The lowest BCUT2D eigenvalue weighted by Gasteiger charge is -2.36. The summed E-state index contributed by atoms with van der Waals surface area (Å²) in [5.41, 5.74) is 1.89. The second-order valence-electron chi connectivity index (χ2n) is 6.20. The molecule has 0 aromatic heterocycles. The Kier molecular flexibility index (Phi) is 6.31. The number of nitrogens with zero attached hydrogens (tertiary/aromatic N) is 2. The van der Waals surface area contributed by atoms with Crippen molar-refractivity contribution >= 4 is 23.6 Å². The lowest BCUT2D eigenvalue weighted by Crippen LogP contribution is -2.46. The van der Waals surface area contributed by atoms with Crippen molar-refractivity contribution in [2.45, 2.75) is 6.42 Å². The predicted octanol–water partition coefficient (Wildman–Crippen LogP) is 3.74. The van der Waals surface area contributed by atoms with E-state index < -0.39 is 0 Å². The van der Waals surface area contributed by atoms with Crippen LogP contribution >= 0.6 is 11.6 Å². The van der Waals surface area contributed by atoms with Crippen molar-refractivity contribution in [1.29, 1.82) is 0 Å². The lowest BCUT2D eigenvalue weighted by molar-refractivity contribution is 0.112. The first-order chi connectivity index (χ1) is 12.2. The fraction of sp³-hybridized carbons (Fsp3) is 0.350. The zero-order valence-electron chi connectivity index (χ0n) is 14.2. The summed E-state index contributed by atoms with van der Waals surface area (Å²) >= 11 is 5.95. The second kappa shape index (κ2) is 8.88. The zero-order valence-corrected chi connectivity index (χ0v) is 15.0. The summed E-state index contributed by atoms with van der Waals surface area (Å²) in [5.74, 6) is 0.761. The van der Waals surface area contributed by atoms with E-state index in [2.05, 4.69) is 21.9 Å². The molecule has 0 bridgehead atoms. The molecule has 0 saturated carbocycles. The third-order valence-corrected chi connectivity index (χ3v) is 4.70. The van der Waals surface area contributed by atoms with Crippen LogP contribution in [0.4, 0.5) is 5.69 Å². The smallest absolute Gasteiger partial charge is 0.150 e. The maximum atomic E-state index is 10.8. The molecule has 4 nitrogen and oxygen atoms in total. The number of hydrogen-bond donors (Lipinski definition) is 0. The van der Waals surface area contributed by atoms with Gasteiger partial charge in [-0.1, -0.05) is 23.7 Å². The van der Waals surface area contributed by atoms with Crippen LogP contribution < -0.4 is 9.64 Å². The van der Waals surface area contributed by atoms with Crippen LogP contribution in [0.3, 0.4) is 0 Å².